The molecule has 9 heavy (non-hydrogen) atoms. The van der Waals surface area contributed by atoms with E-state index in [0.717, 1.165) is 0 Å². The van der Waals surface area contributed by atoms with E-state index in [1.165, 1.54) is 0 Å². The van der Waals surface area contributed by atoms with Crippen LogP contribution in [0.1, 0.15) is 6.42 Å². The lowest BCUT2D eigenvalue weighted by atomic mass is 10.5. The second-order valence-corrected chi connectivity index (χ2v) is 4.31. The first-order valence-corrected chi connectivity index (χ1v) is 4.30. The van der Waals surface area contributed by atoms with Crippen molar-refractivity contribution in [3.8, 4) is 0 Å². The van der Waals surface area contributed by atoms with Crippen LogP contribution in [0, 0.1) is 0 Å². The highest BCUT2D eigenvalue weighted by Gasteiger charge is 2.32. The molecular formula is C3H5NO3S2. The second-order valence-electron chi connectivity index (χ2n) is 1.70. The van der Waals surface area contributed by atoms with Crippen molar-refractivity contribution >= 4 is 28.7 Å². The maximum atomic E-state index is 10.6. The zero-order chi connectivity index (χ0) is 7.07. The molecule has 4 nitrogen and oxygen atoms in total. The number of carbonyl (C=O) groups excluding carboxylic acids is 1. The zero-order valence-electron chi connectivity index (χ0n) is 4.44. The van der Waals surface area contributed by atoms with Crippen LogP contribution in [0.15, 0.2) is 0 Å². The van der Waals surface area contributed by atoms with Crippen molar-refractivity contribution in [2.45, 2.75) is 6.42 Å². The van der Waals surface area contributed by atoms with E-state index in [1.54, 1.807) is 0 Å². The van der Waals surface area contributed by atoms with Gasteiger partial charge in [-0.05, 0) is 12.8 Å². The topological polar surface area (TPSA) is 54.5 Å². The molecule has 0 aromatic rings. The van der Waals surface area contributed by atoms with Crippen LogP contribution < -0.4 is 0 Å². The monoisotopic (exact) mass is 167 g/mol. The number of thiol groups is 1. The lowest BCUT2D eigenvalue weighted by molar-refractivity contribution is -0.121. The van der Waals surface area contributed by atoms with Crippen LogP contribution in [0.2, 0.25) is 0 Å². The third-order valence-electron chi connectivity index (χ3n) is 1.05. The molecule has 0 radical (unpaired) electrons. The van der Waals surface area contributed by atoms with Crippen LogP contribution in [0.4, 0.5) is 0 Å². The standard InChI is InChI=1S/C3H5NO3S2/c5-3-1-2-9(6,7)4(3)8/h8H,1-2H2. The van der Waals surface area contributed by atoms with Crippen LogP contribution in [0.3, 0.4) is 0 Å². The number of sulfonamides is 1. The molecule has 0 spiro atoms. The van der Waals surface area contributed by atoms with Crippen LogP contribution in [0.25, 0.3) is 0 Å². The molecule has 0 aromatic carbocycles. The third-order valence-corrected chi connectivity index (χ3v) is 3.47. The maximum absolute atomic E-state index is 10.6. The Hall–Kier alpha value is -0.230. The fraction of sp³-hybridized carbons (Fsp3) is 0.667. The molecule has 0 N–H and O–H groups in total. The van der Waals surface area contributed by atoms with Gasteiger partial charge in [0, 0.05) is 6.42 Å². The predicted octanol–water partition coefficient (Wildman–Crippen LogP) is -0.607. The molecular weight excluding hydrogens is 162 g/mol. The summed E-state index contributed by atoms with van der Waals surface area (Å²) < 4.78 is 21.7. The minimum atomic E-state index is -3.33. The molecule has 1 heterocycles. The molecule has 0 unspecified atom stereocenters. The van der Waals surface area contributed by atoms with Gasteiger partial charge in [0.1, 0.15) is 0 Å². The molecule has 0 atom stereocenters. The molecule has 1 saturated heterocycles. The Kier molecular flexibility index (Phi) is 1.44. The number of carbonyl (C=O) groups is 1. The Bertz CT molecular complexity index is 231. The van der Waals surface area contributed by atoms with Crippen LogP contribution in [0.5, 0.6) is 0 Å². The normalized spacial score (nSPS) is 25.0. The molecule has 1 amide bonds. The second kappa shape index (κ2) is 1.88. The molecule has 6 heteroatoms. The number of rotatable bonds is 0. The Labute approximate surface area is 58.4 Å². The highest BCUT2D eigenvalue weighted by molar-refractivity contribution is 8.01. The summed E-state index contributed by atoms with van der Waals surface area (Å²) in [5.74, 6) is -0.548. The smallest absolute Gasteiger partial charge is 0.247 e. The molecule has 1 rings (SSSR count). The predicted molar refractivity (Wildman–Crippen MR) is 34.2 cm³/mol. The van der Waals surface area contributed by atoms with Crippen molar-refractivity contribution in [2.75, 3.05) is 5.75 Å². The van der Waals surface area contributed by atoms with Gasteiger partial charge in [-0.15, -0.1) is 0 Å². The van der Waals surface area contributed by atoms with Gasteiger partial charge >= 0.3 is 0 Å². The van der Waals surface area contributed by atoms with Gasteiger partial charge in [0.2, 0.25) is 15.9 Å². The Morgan fingerprint density at radius 2 is 2.11 bits per heavy atom. The van der Waals surface area contributed by atoms with Crippen molar-refractivity contribution < 1.29 is 13.2 Å². The van der Waals surface area contributed by atoms with Gasteiger partial charge in [-0.2, -0.15) is 3.71 Å². The molecule has 1 aliphatic heterocycles. The average molecular weight is 167 g/mol. The Morgan fingerprint density at radius 1 is 1.56 bits per heavy atom. The van der Waals surface area contributed by atoms with Crippen molar-refractivity contribution in [1.29, 1.82) is 0 Å². The van der Waals surface area contributed by atoms with E-state index in [1.807, 2.05) is 0 Å². The van der Waals surface area contributed by atoms with Gasteiger partial charge in [-0.3, -0.25) is 4.79 Å². The van der Waals surface area contributed by atoms with Crippen LogP contribution in [-0.4, -0.2) is 23.8 Å². The van der Waals surface area contributed by atoms with Crippen LogP contribution >= 0.6 is 12.8 Å². The number of hydrogen-bond donors (Lipinski definition) is 1. The average Bonchev–Trinajstić information content (AvgIpc) is 1.97. The minimum absolute atomic E-state index is 0.0613. The molecule has 52 valence electrons. The van der Waals surface area contributed by atoms with Crippen LogP contribution in [-0.2, 0) is 14.8 Å². The maximum Gasteiger partial charge on any atom is 0.247 e. The largest absolute Gasteiger partial charge is 0.273 e. The SMILES string of the molecule is O=C1CCS(=O)(=O)N1S. The number of hydrogen-bond acceptors (Lipinski definition) is 4. The van der Waals surface area contributed by atoms with E-state index in [0.29, 0.717) is 3.71 Å². The molecule has 0 aliphatic carbocycles. The number of amides is 1. The first-order chi connectivity index (χ1) is 4.04. The highest BCUT2D eigenvalue weighted by atomic mass is 32.3. The van der Waals surface area contributed by atoms with E-state index < -0.39 is 15.9 Å². The van der Waals surface area contributed by atoms with Crippen molar-refractivity contribution in [1.82, 2.24) is 3.71 Å². The first kappa shape index (κ1) is 6.88. The van der Waals surface area contributed by atoms with Crippen molar-refractivity contribution in [3.05, 3.63) is 0 Å². The van der Waals surface area contributed by atoms with Gasteiger partial charge in [-0.25, -0.2) is 8.42 Å². The van der Waals surface area contributed by atoms with Gasteiger partial charge in [0.25, 0.3) is 0 Å². The zero-order valence-corrected chi connectivity index (χ0v) is 6.15. The summed E-state index contributed by atoms with van der Waals surface area (Å²) in [5, 5.41) is 0. The summed E-state index contributed by atoms with van der Waals surface area (Å²) in [6, 6.07) is 0. The summed E-state index contributed by atoms with van der Waals surface area (Å²) in [5.41, 5.74) is 0. The summed E-state index contributed by atoms with van der Waals surface area (Å²) >= 11 is 3.46. The summed E-state index contributed by atoms with van der Waals surface area (Å²) in [4.78, 5) is 10.5. The third kappa shape index (κ3) is 1.04. The molecule has 0 saturated carbocycles. The first-order valence-electron chi connectivity index (χ1n) is 2.29. The lowest BCUT2D eigenvalue weighted by Crippen LogP contribution is -2.18. The minimum Gasteiger partial charge on any atom is -0.273 e. The van der Waals surface area contributed by atoms with Crippen molar-refractivity contribution in [2.24, 2.45) is 0 Å². The summed E-state index contributed by atoms with van der Waals surface area (Å²) in [6.07, 6.45) is 0.0613. The lowest BCUT2D eigenvalue weighted by Gasteiger charge is -2.02. The van der Waals surface area contributed by atoms with Gasteiger partial charge in [-0.1, -0.05) is 0 Å². The molecule has 1 fully saturated rings. The molecule has 0 bridgehead atoms. The Balaban J connectivity index is 3.00. The fourth-order valence-corrected chi connectivity index (χ4v) is 1.91. The number of nitrogens with zero attached hydrogens (tertiary/aromatic N) is 1. The van der Waals surface area contributed by atoms with Gasteiger partial charge in [0.15, 0.2) is 0 Å². The van der Waals surface area contributed by atoms with E-state index >= 15 is 0 Å². The van der Waals surface area contributed by atoms with E-state index in [9.17, 15) is 13.2 Å². The quantitative estimate of drug-likeness (QED) is 0.490. The van der Waals surface area contributed by atoms with Gasteiger partial charge in [0.05, 0.1) is 5.75 Å². The van der Waals surface area contributed by atoms with Gasteiger partial charge < -0.3 is 0 Å². The van der Waals surface area contributed by atoms with Crippen molar-refractivity contribution in [3.63, 3.8) is 0 Å². The van der Waals surface area contributed by atoms with E-state index in [-0.39, 0.29) is 12.2 Å². The highest BCUT2D eigenvalue weighted by Crippen LogP contribution is 2.16. The molecule has 0 aromatic heterocycles. The Morgan fingerprint density at radius 3 is 2.22 bits per heavy atom. The van der Waals surface area contributed by atoms with E-state index in [2.05, 4.69) is 12.8 Å². The summed E-state index contributed by atoms with van der Waals surface area (Å²) in [6.45, 7) is 0. The van der Waals surface area contributed by atoms with E-state index in [4.69, 9.17) is 0 Å². The molecule has 1 aliphatic rings. The summed E-state index contributed by atoms with van der Waals surface area (Å²) in [7, 11) is -3.33. The fourth-order valence-electron chi connectivity index (χ4n) is 0.554.